The molecule has 1 aromatic heterocycles. The third-order valence-electron chi connectivity index (χ3n) is 3.54. The number of hydrogen-bond acceptors (Lipinski definition) is 5. The Morgan fingerprint density at radius 1 is 1.19 bits per heavy atom. The van der Waals surface area contributed by atoms with Gasteiger partial charge in [0.05, 0.1) is 0 Å². The fourth-order valence-corrected chi connectivity index (χ4v) is 2.84. The zero-order chi connectivity index (χ0) is 15.6. The van der Waals surface area contributed by atoms with Crippen molar-refractivity contribution in [3.63, 3.8) is 0 Å². The number of anilines is 1. The summed E-state index contributed by atoms with van der Waals surface area (Å²) in [6.07, 6.45) is -1.99. The molecule has 5 nitrogen and oxygen atoms in total. The number of hydrogen-bond donors (Lipinski definition) is 2. The monoisotopic (exact) mass is 304 g/mol. The molecular weight excluding hydrogens is 285 g/mol. The fraction of sp³-hybridized carbons (Fsp3) is 0.692. The summed E-state index contributed by atoms with van der Waals surface area (Å²) in [6.45, 7) is 4.22. The van der Waals surface area contributed by atoms with Gasteiger partial charge in [-0.25, -0.2) is 10.8 Å². The Bertz CT molecular complexity index is 485. The van der Waals surface area contributed by atoms with E-state index in [-0.39, 0.29) is 17.9 Å². The van der Waals surface area contributed by atoms with Gasteiger partial charge in [0, 0.05) is 6.07 Å². The molecule has 0 aliphatic heterocycles. The maximum absolute atomic E-state index is 12.8. The minimum absolute atomic E-state index is 0.100. The van der Waals surface area contributed by atoms with E-state index in [0.29, 0.717) is 11.8 Å². The van der Waals surface area contributed by atoms with Crippen molar-refractivity contribution in [2.75, 3.05) is 5.43 Å². The van der Waals surface area contributed by atoms with Gasteiger partial charge in [0.1, 0.15) is 6.10 Å². The molecule has 1 aromatic rings. The number of rotatable bonds is 3. The first-order valence-corrected chi connectivity index (χ1v) is 6.87. The lowest BCUT2D eigenvalue weighted by atomic mass is 9.82. The van der Waals surface area contributed by atoms with Gasteiger partial charge in [0.25, 0.3) is 0 Å². The quantitative estimate of drug-likeness (QED) is 0.663. The fourth-order valence-electron chi connectivity index (χ4n) is 2.84. The van der Waals surface area contributed by atoms with Crippen LogP contribution in [0.5, 0.6) is 5.88 Å². The van der Waals surface area contributed by atoms with Crippen molar-refractivity contribution >= 4 is 5.95 Å². The summed E-state index contributed by atoms with van der Waals surface area (Å²) in [6, 6.07) is 0.810. The molecule has 1 heterocycles. The second-order valence-corrected chi connectivity index (χ2v) is 5.71. The highest BCUT2D eigenvalue weighted by Gasteiger charge is 2.34. The number of alkyl halides is 3. The van der Waals surface area contributed by atoms with E-state index in [4.69, 9.17) is 10.6 Å². The second kappa shape index (κ2) is 6.05. The average Bonchev–Trinajstić information content (AvgIpc) is 2.36. The number of ether oxygens (including phenoxy) is 1. The molecule has 1 saturated carbocycles. The predicted octanol–water partition coefficient (Wildman–Crippen LogP) is 2.98. The predicted molar refractivity (Wildman–Crippen MR) is 71.4 cm³/mol. The van der Waals surface area contributed by atoms with Crippen LogP contribution in [0.25, 0.3) is 0 Å². The summed E-state index contributed by atoms with van der Waals surface area (Å²) < 4.78 is 43.9. The van der Waals surface area contributed by atoms with E-state index in [1.54, 1.807) is 0 Å². The summed E-state index contributed by atoms with van der Waals surface area (Å²) in [5, 5.41) is 0. The van der Waals surface area contributed by atoms with Gasteiger partial charge in [0.2, 0.25) is 11.8 Å². The minimum Gasteiger partial charge on any atom is -0.474 e. The number of nitrogens with one attached hydrogen (secondary N) is 1. The smallest absolute Gasteiger partial charge is 0.433 e. The molecule has 0 amide bonds. The Labute approximate surface area is 121 Å². The molecule has 1 fully saturated rings. The van der Waals surface area contributed by atoms with Gasteiger partial charge in [0.15, 0.2) is 5.69 Å². The Morgan fingerprint density at radius 2 is 1.81 bits per heavy atom. The van der Waals surface area contributed by atoms with Crippen molar-refractivity contribution in [1.29, 1.82) is 0 Å². The van der Waals surface area contributed by atoms with Gasteiger partial charge >= 0.3 is 6.18 Å². The molecular formula is C13H19F3N4O. The molecule has 0 radical (unpaired) electrons. The van der Waals surface area contributed by atoms with Gasteiger partial charge in [-0.1, -0.05) is 13.8 Å². The van der Waals surface area contributed by atoms with E-state index in [2.05, 4.69) is 23.8 Å². The number of aromatic nitrogens is 2. The molecule has 2 unspecified atom stereocenters. The van der Waals surface area contributed by atoms with Crippen LogP contribution in [0.4, 0.5) is 19.1 Å². The molecule has 0 spiro atoms. The van der Waals surface area contributed by atoms with Crippen molar-refractivity contribution in [3.05, 3.63) is 11.8 Å². The van der Waals surface area contributed by atoms with Crippen molar-refractivity contribution in [3.8, 4) is 5.88 Å². The molecule has 21 heavy (non-hydrogen) atoms. The largest absolute Gasteiger partial charge is 0.474 e. The SMILES string of the molecule is CC1CC(C)CC(Oc2cc(C(F)(F)F)nc(NN)n2)C1. The first-order chi connectivity index (χ1) is 9.77. The van der Waals surface area contributed by atoms with E-state index in [1.807, 2.05) is 5.43 Å². The summed E-state index contributed by atoms with van der Waals surface area (Å²) in [5.41, 5.74) is 0.961. The topological polar surface area (TPSA) is 73.1 Å². The Balaban J connectivity index is 2.19. The van der Waals surface area contributed by atoms with Gasteiger partial charge in [-0.3, -0.25) is 5.43 Å². The third-order valence-corrected chi connectivity index (χ3v) is 3.54. The molecule has 0 aromatic carbocycles. The van der Waals surface area contributed by atoms with Gasteiger partial charge in [-0.05, 0) is 31.1 Å². The maximum atomic E-state index is 12.8. The van der Waals surface area contributed by atoms with E-state index >= 15 is 0 Å². The number of halogens is 3. The van der Waals surface area contributed by atoms with E-state index in [0.717, 1.165) is 25.3 Å². The lowest BCUT2D eigenvalue weighted by Crippen LogP contribution is -2.29. The molecule has 2 atom stereocenters. The molecule has 0 saturated heterocycles. The van der Waals surface area contributed by atoms with Crippen molar-refractivity contribution in [1.82, 2.24) is 9.97 Å². The summed E-state index contributed by atoms with van der Waals surface area (Å²) in [4.78, 5) is 7.13. The number of nitrogens with two attached hydrogens (primary N) is 1. The molecule has 1 aliphatic carbocycles. The Morgan fingerprint density at radius 3 is 2.33 bits per heavy atom. The Hall–Kier alpha value is -1.57. The maximum Gasteiger partial charge on any atom is 0.433 e. The molecule has 3 N–H and O–H groups in total. The lowest BCUT2D eigenvalue weighted by molar-refractivity contribution is -0.141. The van der Waals surface area contributed by atoms with Crippen LogP contribution in [0, 0.1) is 11.8 Å². The van der Waals surface area contributed by atoms with Gasteiger partial charge < -0.3 is 4.74 Å². The normalized spacial score (nSPS) is 26.5. The van der Waals surface area contributed by atoms with Crippen molar-refractivity contribution in [2.45, 2.75) is 45.4 Å². The summed E-state index contributed by atoms with van der Waals surface area (Å²) >= 11 is 0. The molecule has 1 aliphatic rings. The molecule has 8 heteroatoms. The molecule has 0 bridgehead atoms. The van der Waals surface area contributed by atoms with E-state index in [9.17, 15) is 13.2 Å². The zero-order valence-electron chi connectivity index (χ0n) is 11.9. The van der Waals surface area contributed by atoms with Gasteiger partial charge in [-0.15, -0.1) is 0 Å². The number of nitrogen functional groups attached to an aromatic ring is 1. The highest BCUT2D eigenvalue weighted by molar-refractivity contribution is 5.30. The number of hydrazine groups is 1. The van der Waals surface area contributed by atoms with Gasteiger partial charge in [-0.2, -0.15) is 18.2 Å². The second-order valence-electron chi connectivity index (χ2n) is 5.71. The zero-order valence-corrected chi connectivity index (χ0v) is 11.9. The van der Waals surface area contributed by atoms with Crippen LogP contribution in [0.3, 0.4) is 0 Å². The first kappa shape index (κ1) is 15.8. The third kappa shape index (κ3) is 4.20. The van der Waals surface area contributed by atoms with E-state index in [1.165, 1.54) is 0 Å². The first-order valence-electron chi connectivity index (χ1n) is 6.87. The lowest BCUT2D eigenvalue weighted by Gasteiger charge is -2.31. The highest BCUT2D eigenvalue weighted by atomic mass is 19.4. The van der Waals surface area contributed by atoms with Crippen LogP contribution in [0.15, 0.2) is 6.07 Å². The average molecular weight is 304 g/mol. The summed E-state index contributed by atoms with van der Waals surface area (Å²) in [7, 11) is 0. The van der Waals surface area contributed by atoms with Crippen molar-refractivity contribution < 1.29 is 17.9 Å². The molecule has 118 valence electrons. The van der Waals surface area contributed by atoms with E-state index < -0.39 is 11.9 Å². The van der Waals surface area contributed by atoms with Crippen LogP contribution in [-0.2, 0) is 6.18 Å². The van der Waals surface area contributed by atoms with Crippen LogP contribution in [0.1, 0.15) is 38.8 Å². The van der Waals surface area contributed by atoms with Crippen LogP contribution >= 0.6 is 0 Å². The van der Waals surface area contributed by atoms with Crippen LogP contribution in [0.2, 0.25) is 0 Å². The Kier molecular flexibility index (Phi) is 4.55. The van der Waals surface area contributed by atoms with Crippen molar-refractivity contribution in [2.24, 2.45) is 17.7 Å². The minimum atomic E-state index is -4.57. The number of nitrogens with zero attached hydrogens (tertiary/aromatic N) is 2. The van der Waals surface area contributed by atoms with Crippen LogP contribution < -0.4 is 16.0 Å². The summed E-state index contributed by atoms with van der Waals surface area (Å²) in [5.74, 6) is 5.66. The van der Waals surface area contributed by atoms with Crippen LogP contribution in [-0.4, -0.2) is 16.1 Å². The molecule has 2 rings (SSSR count). The highest BCUT2D eigenvalue weighted by Crippen LogP contribution is 2.33. The standard InChI is InChI=1S/C13H19F3N4O/c1-7-3-8(2)5-9(4-7)21-11-6-10(13(14,15)16)18-12(19-11)20-17/h6-9H,3-5,17H2,1-2H3,(H,18,19,20).